The van der Waals surface area contributed by atoms with Crippen molar-refractivity contribution in [2.75, 3.05) is 0 Å². The van der Waals surface area contributed by atoms with Crippen LogP contribution in [0, 0.1) is 0 Å². The molecule has 0 N–H and O–H groups in total. The number of hydrogen-bond acceptors (Lipinski definition) is 2. The van der Waals surface area contributed by atoms with Crippen LogP contribution in [0.3, 0.4) is 0 Å². The minimum absolute atomic E-state index is 0.327. The number of allylic oxidation sites excluding steroid dienone is 2. The Hall–Kier alpha value is -3.48. The van der Waals surface area contributed by atoms with Crippen molar-refractivity contribution in [2.45, 2.75) is 37.1 Å². The highest BCUT2D eigenvalue weighted by molar-refractivity contribution is 5.44. The molecule has 0 spiro atoms. The second-order valence-electron chi connectivity index (χ2n) is 7.27. The molecule has 0 aromatic heterocycles. The van der Waals surface area contributed by atoms with E-state index in [-0.39, 0.29) is 12.1 Å². The Morgan fingerprint density at radius 2 is 0.675 bits per heavy atom. The maximum atomic E-state index is 13.6. The van der Waals surface area contributed by atoms with Crippen molar-refractivity contribution in [1.29, 1.82) is 0 Å². The molecule has 0 radical (unpaired) electrons. The van der Waals surface area contributed by atoms with Crippen LogP contribution < -0.4 is 9.47 Å². The summed E-state index contributed by atoms with van der Waals surface area (Å²) in [6, 6.07) is -3.29. The molecule has 0 aliphatic heterocycles. The van der Waals surface area contributed by atoms with E-state index in [0.717, 1.165) is 0 Å². The minimum atomic E-state index is -6.66. The molecule has 0 aliphatic carbocycles. The van der Waals surface area contributed by atoms with Gasteiger partial charge in [-0.25, -0.2) is 0 Å². The van der Waals surface area contributed by atoms with Gasteiger partial charge in [0.15, 0.2) is 0 Å². The summed E-state index contributed by atoms with van der Waals surface area (Å²) in [5.74, 6) is -12.6. The molecular formula is C20H6F18O2. The van der Waals surface area contributed by atoms with Gasteiger partial charge in [0.1, 0.15) is 11.5 Å². The lowest BCUT2D eigenvalue weighted by atomic mass is 10.1. The number of rotatable bonds is 4. The third kappa shape index (κ3) is 7.80. The Balaban J connectivity index is 2.94. The monoisotopic (exact) mass is 620 g/mol. The van der Waals surface area contributed by atoms with Crippen LogP contribution >= 0.6 is 0 Å². The molecule has 2 aromatic rings. The second-order valence-corrected chi connectivity index (χ2v) is 7.27. The first-order valence-corrected chi connectivity index (χ1v) is 9.44. The minimum Gasteiger partial charge on any atom is -0.448 e. The molecule has 2 rings (SSSR count). The molecule has 2 nitrogen and oxygen atoms in total. The first-order chi connectivity index (χ1) is 17.6. The molecule has 0 saturated carbocycles. The first-order valence-electron chi connectivity index (χ1n) is 9.44. The summed E-state index contributed by atoms with van der Waals surface area (Å²) in [4.78, 5) is 0. The van der Waals surface area contributed by atoms with Gasteiger partial charge in [-0.3, -0.25) is 0 Å². The normalized spacial score (nSPS) is 14.7. The van der Waals surface area contributed by atoms with E-state index in [1.807, 2.05) is 0 Å². The number of alkyl halides is 18. The van der Waals surface area contributed by atoms with Crippen LogP contribution in [0.1, 0.15) is 22.3 Å². The Bertz CT molecular complexity index is 1160. The highest BCUT2D eigenvalue weighted by Crippen LogP contribution is 2.46. The third-order valence-corrected chi connectivity index (χ3v) is 4.37. The van der Waals surface area contributed by atoms with E-state index in [9.17, 15) is 79.0 Å². The number of halogens is 18. The fourth-order valence-electron chi connectivity index (χ4n) is 2.72. The van der Waals surface area contributed by atoms with Gasteiger partial charge in [0.25, 0.3) is 11.5 Å². The van der Waals surface area contributed by atoms with E-state index in [4.69, 9.17) is 0 Å². The lowest BCUT2D eigenvalue weighted by Gasteiger charge is -2.23. The molecule has 0 fully saturated rings. The van der Waals surface area contributed by atoms with E-state index < -0.39 is 107 Å². The molecule has 0 aliphatic rings. The summed E-state index contributed by atoms with van der Waals surface area (Å²) in [6.07, 6.45) is -36.2. The van der Waals surface area contributed by atoms with Crippen molar-refractivity contribution in [1.82, 2.24) is 0 Å². The molecule has 0 bridgehead atoms. The molecule has 2 aromatic carbocycles. The summed E-state index contributed by atoms with van der Waals surface area (Å²) in [5, 5.41) is 0. The fourth-order valence-corrected chi connectivity index (χ4v) is 2.72. The van der Waals surface area contributed by atoms with Crippen molar-refractivity contribution < 1.29 is 88.5 Å². The summed E-state index contributed by atoms with van der Waals surface area (Å²) < 4.78 is 245. The van der Waals surface area contributed by atoms with E-state index in [0.29, 0.717) is 0 Å². The topological polar surface area (TPSA) is 18.5 Å². The van der Waals surface area contributed by atoms with Crippen LogP contribution in [-0.2, 0) is 24.7 Å². The predicted octanol–water partition coefficient (Wildman–Crippen LogP) is 9.56. The molecular weight excluding hydrogens is 614 g/mol. The van der Waals surface area contributed by atoms with E-state index in [2.05, 4.69) is 9.47 Å². The summed E-state index contributed by atoms with van der Waals surface area (Å²) in [6.45, 7) is 0. The van der Waals surface area contributed by atoms with Crippen molar-refractivity contribution in [3.05, 3.63) is 70.2 Å². The molecule has 0 unspecified atom stereocenters. The van der Waals surface area contributed by atoms with Crippen LogP contribution in [0.2, 0.25) is 0 Å². The maximum Gasteiger partial charge on any atom is 0.453 e. The van der Waals surface area contributed by atoms with Gasteiger partial charge in [-0.2, -0.15) is 79.0 Å². The summed E-state index contributed by atoms with van der Waals surface area (Å²) in [5.41, 5.74) is -9.33. The molecule has 0 amide bonds. The molecule has 40 heavy (non-hydrogen) atoms. The average molecular weight is 620 g/mol. The van der Waals surface area contributed by atoms with Gasteiger partial charge < -0.3 is 9.47 Å². The van der Waals surface area contributed by atoms with Crippen LogP contribution in [0.5, 0.6) is 11.5 Å². The number of hydrogen-bond donors (Lipinski definition) is 0. The van der Waals surface area contributed by atoms with Crippen LogP contribution in [0.15, 0.2) is 47.9 Å². The van der Waals surface area contributed by atoms with Crippen molar-refractivity contribution in [3.63, 3.8) is 0 Å². The second kappa shape index (κ2) is 10.2. The fraction of sp³-hybridized carbons (Fsp3) is 0.300. The number of ether oxygens (including phenoxy) is 2. The van der Waals surface area contributed by atoms with Crippen molar-refractivity contribution >= 4 is 0 Å². The third-order valence-electron chi connectivity index (χ3n) is 4.37. The standard InChI is InChI=1S/C20H6F18O2/c21-15(22,23)7-1-3-9(17(27,28)29)11(5-7)39-13(19(33,34)35)14(20(36,37)38)40-12-6-8(16(24,25)26)2-4-10(12)18(30,31)32/h1-6H. The van der Waals surface area contributed by atoms with Gasteiger partial charge in [0.2, 0.25) is 0 Å². The van der Waals surface area contributed by atoms with Crippen LogP contribution in [0.4, 0.5) is 79.0 Å². The number of benzene rings is 2. The molecule has 224 valence electrons. The van der Waals surface area contributed by atoms with Gasteiger partial charge >= 0.3 is 37.1 Å². The van der Waals surface area contributed by atoms with Gasteiger partial charge in [-0.15, -0.1) is 0 Å². The summed E-state index contributed by atoms with van der Waals surface area (Å²) >= 11 is 0. The largest absolute Gasteiger partial charge is 0.453 e. The quantitative estimate of drug-likeness (QED) is 0.251. The van der Waals surface area contributed by atoms with E-state index in [1.165, 1.54) is 0 Å². The Labute approximate surface area is 208 Å². The molecule has 20 heteroatoms. The maximum absolute atomic E-state index is 13.6. The van der Waals surface area contributed by atoms with Crippen molar-refractivity contribution in [3.8, 4) is 11.5 Å². The van der Waals surface area contributed by atoms with Crippen LogP contribution in [0.25, 0.3) is 0 Å². The zero-order chi connectivity index (χ0) is 31.3. The van der Waals surface area contributed by atoms with Gasteiger partial charge in [-0.1, -0.05) is 0 Å². The zero-order valence-electron chi connectivity index (χ0n) is 18.1. The molecule has 0 saturated heterocycles. The van der Waals surface area contributed by atoms with Gasteiger partial charge in [0, 0.05) is 0 Å². The lowest BCUT2D eigenvalue weighted by Crippen LogP contribution is -2.30. The average Bonchev–Trinajstić information content (AvgIpc) is 2.71. The Kier molecular flexibility index (Phi) is 8.32. The van der Waals surface area contributed by atoms with Crippen molar-refractivity contribution in [2.24, 2.45) is 0 Å². The lowest BCUT2D eigenvalue weighted by molar-refractivity contribution is -0.156. The summed E-state index contributed by atoms with van der Waals surface area (Å²) in [7, 11) is 0. The highest BCUT2D eigenvalue weighted by atomic mass is 19.4. The van der Waals surface area contributed by atoms with Gasteiger partial charge in [-0.05, 0) is 36.4 Å². The van der Waals surface area contributed by atoms with E-state index >= 15 is 0 Å². The van der Waals surface area contributed by atoms with Crippen LogP contribution in [-0.4, -0.2) is 12.4 Å². The molecule has 0 atom stereocenters. The Morgan fingerprint density at radius 1 is 0.400 bits per heavy atom. The predicted molar refractivity (Wildman–Crippen MR) is 93.3 cm³/mol. The SMILES string of the molecule is FC(F)(F)C(Oc1cc(C(F)(F)F)ccc1C(F)(F)F)=C(Oc1cc(C(F)(F)F)ccc1C(F)(F)F)C(F)(F)F. The highest BCUT2D eigenvalue weighted by Gasteiger charge is 2.52. The zero-order valence-corrected chi connectivity index (χ0v) is 18.1. The van der Waals surface area contributed by atoms with Gasteiger partial charge in [0.05, 0.1) is 22.3 Å². The smallest absolute Gasteiger partial charge is 0.448 e. The van der Waals surface area contributed by atoms with E-state index in [1.54, 1.807) is 0 Å². The first kappa shape index (κ1) is 32.7. The molecule has 0 heterocycles. The Morgan fingerprint density at radius 3 is 0.875 bits per heavy atom.